The predicted molar refractivity (Wildman–Crippen MR) is 99.3 cm³/mol. The molecule has 2 aliphatic carbocycles. The van der Waals surface area contributed by atoms with Crippen molar-refractivity contribution in [3.8, 4) is 11.5 Å². The molecule has 6 heteroatoms. The summed E-state index contributed by atoms with van der Waals surface area (Å²) < 4.78 is 1.85. The van der Waals surface area contributed by atoms with Crippen LogP contribution in [-0.4, -0.2) is 27.1 Å². The zero-order chi connectivity index (χ0) is 17.6. The summed E-state index contributed by atoms with van der Waals surface area (Å²) in [4.78, 5) is 5.91. The van der Waals surface area contributed by atoms with Crippen LogP contribution in [0.4, 0.5) is 0 Å². The number of aryl methyl sites for hydroxylation is 2. The summed E-state index contributed by atoms with van der Waals surface area (Å²) in [6.07, 6.45) is 6.86. The number of rotatable bonds is 3. The highest BCUT2D eigenvalue weighted by Crippen LogP contribution is 2.45. The lowest BCUT2D eigenvalue weighted by Gasteiger charge is -2.16. The lowest BCUT2D eigenvalue weighted by Crippen LogP contribution is -2.21. The molecule has 2 N–H and O–H groups in total. The number of aromatic nitrogens is 1. The smallest absolute Gasteiger partial charge is 0.206 e. The number of hydrogen-bond donors (Lipinski definition) is 2. The van der Waals surface area contributed by atoms with E-state index in [0.717, 1.165) is 22.3 Å². The normalized spacial score (nSPS) is 26.2. The van der Waals surface area contributed by atoms with Gasteiger partial charge in [-0.15, -0.1) is 11.3 Å². The summed E-state index contributed by atoms with van der Waals surface area (Å²) in [6, 6.07) is 3.51. The van der Waals surface area contributed by atoms with Gasteiger partial charge in [0, 0.05) is 17.0 Å². The van der Waals surface area contributed by atoms with Crippen LogP contribution in [0.3, 0.4) is 0 Å². The zero-order valence-corrected chi connectivity index (χ0v) is 15.3. The third-order valence-corrected chi connectivity index (χ3v) is 6.43. The molecule has 4 rings (SSSR count). The van der Waals surface area contributed by atoms with Crippen molar-refractivity contribution >= 4 is 17.6 Å². The summed E-state index contributed by atoms with van der Waals surface area (Å²) >= 11 is 1.62. The highest BCUT2D eigenvalue weighted by molar-refractivity contribution is 7.07. The molecule has 0 spiro atoms. The van der Waals surface area contributed by atoms with Crippen molar-refractivity contribution in [2.45, 2.75) is 45.6 Å². The Labute approximate surface area is 151 Å². The van der Waals surface area contributed by atoms with E-state index >= 15 is 0 Å². The fourth-order valence-corrected chi connectivity index (χ4v) is 4.92. The summed E-state index contributed by atoms with van der Waals surface area (Å²) in [6.45, 7) is 3.81. The number of fused-ring (bicyclic) bond motifs is 2. The molecule has 1 aromatic carbocycles. The summed E-state index contributed by atoms with van der Waals surface area (Å²) in [5, 5.41) is 26.3. The Bertz CT molecular complexity index is 897. The highest BCUT2D eigenvalue weighted by Gasteiger charge is 2.39. The minimum atomic E-state index is 0.0203. The van der Waals surface area contributed by atoms with Gasteiger partial charge in [-0.25, -0.2) is 4.68 Å². The van der Waals surface area contributed by atoms with E-state index in [1.54, 1.807) is 30.5 Å². The van der Waals surface area contributed by atoms with Crippen molar-refractivity contribution in [1.82, 2.24) is 4.68 Å². The molecule has 2 fully saturated rings. The Hall–Kier alpha value is -2.08. The quantitative estimate of drug-likeness (QED) is 0.825. The third kappa shape index (κ3) is 3.11. The Morgan fingerprint density at radius 1 is 1.16 bits per heavy atom. The Morgan fingerprint density at radius 2 is 2.00 bits per heavy atom. The molecule has 0 aliphatic heterocycles. The van der Waals surface area contributed by atoms with E-state index in [1.165, 1.54) is 31.7 Å². The maximum absolute atomic E-state index is 10.0. The molecule has 25 heavy (non-hydrogen) atoms. The van der Waals surface area contributed by atoms with E-state index in [-0.39, 0.29) is 11.5 Å². The average Bonchev–Trinajstić information content (AvgIpc) is 3.27. The van der Waals surface area contributed by atoms with Crippen LogP contribution in [0.15, 0.2) is 27.6 Å². The maximum Gasteiger partial charge on any atom is 0.206 e. The lowest BCUT2D eigenvalue weighted by molar-refractivity contribution is 0.412. The maximum atomic E-state index is 10.0. The average molecular weight is 357 g/mol. The molecule has 2 aliphatic rings. The van der Waals surface area contributed by atoms with Crippen LogP contribution in [0, 0.1) is 25.7 Å². The third-order valence-electron chi connectivity index (χ3n) is 5.48. The Kier molecular flexibility index (Phi) is 4.15. The molecule has 0 saturated heterocycles. The standard InChI is InChI=1S/C19H23N3O2S/c1-11-5-15(18(24)8-17(11)23)9-20-22-12(2)10-25-19(22)21-16-7-13-3-4-14(16)6-13/h5,8-10,13-14,16,23-24H,3-4,6-7H2,1-2H3/b20-9+,21-19?. The zero-order valence-electron chi connectivity index (χ0n) is 14.5. The van der Waals surface area contributed by atoms with Gasteiger partial charge in [-0.3, -0.25) is 4.99 Å². The first-order valence-corrected chi connectivity index (χ1v) is 9.67. The van der Waals surface area contributed by atoms with Crippen molar-refractivity contribution in [1.29, 1.82) is 0 Å². The largest absolute Gasteiger partial charge is 0.508 e. The number of benzene rings is 1. The van der Waals surface area contributed by atoms with Gasteiger partial charge < -0.3 is 10.2 Å². The molecule has 2 saturated carbocycles. The second-order valence-corrected chi connectivity index (χ2v) is 8.12. The minimum absolute atomic E-state index is 0.0203. The van der Waals surface area contributed by atoms with Crippen LogP contribution in [0.1, 0.15) is 42.5 Å². The van der Waals surface area contributed by atoms with Gasteiger partial charge in [0.15, 0.2) is 0 Å². The van der Waals surface area contributed by atoms with Gasteiger partial charge >= 0.3 is 0 Å². The van der Waals surface area contributed by atoms with E-state index in [1.807, 2.05) is 11.6 Å². The number of nitrogens with zero attached hydrogens (tertiary/aromatic N) is 3. The molecule has 3 unspecified atom stereocenters. The van der Waals surface area contributed by atoms with E-state index in [2.05, 4.69) is 10.5 Å². The van der Waals surface area contributed by atoms with Crippen LogP contribution in [-0.2, 0) is 0 Å². The molecular weight excluding hydrogens is 334 g/mol. The van der Waals surface area contributed by atoms with Crippen molar-refractivity contribution in [2.24, 2.45) is 21.9 Å². The topological polar surface area (TPSA) is 70.1 Å². The van der Waals surface area contributed by atoms with Gasteiger partial charge in [0.05, 0.1) is 18.0 Å². The van der Waals surface area contributed by atoms with E-state index in [9.17, 15) is 10.2 Å². The fraction of sp³-hybridized carbons (Fsp3) is 0.474. The van der Waals surface area contributed by atoms with E-state index in [4.69, 9.17) is 4.99 Å². The molecule has 3 atom stereocenters. The Morgan fingerprint density at radius 3 is 2.72 bits per heavy atom. The predicted octanol–water partition coefficient (Wildman–Crippen LogP) is 3.55. The molecule has 0 amide bonds. The second kappa shape index (κ2) is 6.33. The van der Waals surface area contributed by atoms with Gasteiger partial charge in [-0.1, -0.05) is 6.42 Å². The number of phenols is 2. The molecule has 1 heterocycles. The Balaban J connectivity index is 1.65. The number of aromatic hydroxyl groups is 2. The van der Waals surface area contributed by atoms with Crippen molar-refractivity contribution < 1.29 is 10.2 Å². The van der Waals surface area contributed by atoms with E-state index in [0.29, 0.717) is 17.2 Å². The molecule has 5 nitrogen and oxygen atoms in total. The molecule has 0 radical (unpaired) electrons. The van der Waals surface area contributed by atoms with Gasteiger partial charge in [0.1, 0.15) is 11.5 Å². The summed E-state index contributed by atoms with van der Waals surface area (Å²) in [5.74, 6) is 1.72. The van der Waals surface area contributed by atoms with Crippen LogP contribution >= 0.6 is 11.3 Å². The molecule has 1 aromatic heterocycles. The minimum Gasteiger partial charge on any atom is -0.508 e. The fourth-order valence-electron chi connectivity index (χ4n) is 4.06. The SMILES string of the molecule is Cc1cc(/C=N/n2c(C)csc2=NC2CC3CCC2C3)c(O)cc1O. The second-order valence-electron chi connectivity index (χ2n) is 7.28. The first kappa shape index (κ1) is 16.4. The molecule has 2 bridgehead atoms. The van der Waals surface area contributed by atoms with Crippen LogP contribution in [0.5, 0.6) is 11.5 Å². The number of hydrogen-bond acceptors (Lipinski definition) is 5. The van der Waals surface area contributed by atoms with Crippen molar-refractivity contribution in [2.75, 3.05) is 0 Å². The van der Waals surface area contributed by atoms with Gasteiger partial charge in [0.25, 0.3) is 0 Å². The lowest BCUT2D eigenvalue weighted by atomic mass is 9.96. The first-order valence-electron chi connectivity index (χ1n) is 8.79. The molecular formula is C19H23N3O2S. The first-order chi connectivity index (χ1) is 12.0. The van der Waals surface area contributed by atoms with Gasteiger partial charge in [-0.05, 0) is 56.6 Å². The highest BCUT2D eigenvalue weighted by atomic mass is 32.1. The monoisotopic (exact) mass is 357 g/mol. The van der Waals surface area contributed by atoms with E-state index < -0.39 is 0 Å². The van der Waals surface area contributed by atoms with Gasteiger partial charge in [0.2, 0.25) is 4.80 Å². The van der Waals surface area contributed by atoms with Crippen LogP contribution < -0.4 is 4.80 Å². The summed E-state index contributed by atoms with van der Waals surface area (Å²) in [5.41, 5.74) is 2.32. The van der Waals surface area contributed by atoms with Crippen molar-refractivity contribution in [3.63, 3.8) is 0 Å². The summed E-state index contributed by atoms with van der Waals surface area (Å²) in [7, 11) is 0. The molecule has 132 valence electrons. The molecule has 2 aromatic rings. The van der Waals surface area contributed by atoms with Crippen LogP contribution in [0.2, 0.25) is 0 Å². The number of phenolic OH excluding ortho intramolecular Hbond substituents is 2. The van der Waals surface area contributed by atoms with Crippen LogP contribution in [0.25, 0.3) is 0 Å². The van der Waals surface area contributed by atoms with Crippen molar-refractivity contribution in [3.05, 3.63) is 39.1 Å². The number of thiazole rings is 1. The van der Waals surface area contributed by atoms with Gasteiger partial charge in [-0.2, -0.15) is 5.10 Å².